The zero-order valence-electron chi connectivity index (χ0n) is 10.7. The van der Waals surface area contributed by atoms with E-state index in [2.05, 4.69) is 6.92 Å². The number of nitrogens with two attached hydrogens (primary N) is 1. The van der Waals surface area contributed by atoms with Crippen LogP contribution >= 0.6 is 0 Å². The van der Waals surface area contributed by atoms with Gasteiger partial charge in [-0.2, -0.15) is 0 Å². The first-order valence-electron chi connectivity index (χ1n) is 6.57. The second kappa shape index (κ2) is 4.41. The van der Waals surface area contributed by atoms with Gasteiger partial charge in [0.2, 0.25) is 11.8 Å². The lowest BCUT2D eigenvalue weighted by molar-refractivity contribution is -0.148. The molecular weight excluding hydrogens is 216 g/mol. The maximum atomic E-state index is 12.1. The van der Waals surface area contributed by atoms with Crippen molar-refractivity contribution in [3.05, 3.63) is 0 Å². The van der Waals surface area contributed by atoms with Gasteiger partial charge in [0.15, 0.2) is 0 Å². The van der Waals surface area contributed by atoms with Crippen LogP contribution in [0.1, 0.15) is 46.0 Å². The molecule has 0 aromatic heterocycles. The minimum atomic E-state index is -0.383. The molecule has 1 aliphatic heterocycles. The summed E-state index contributed by atoms with van der Waals surface area (Å²) in [5, 5.41) is 0. The molecule has 17 heavy (non-hydrogen) atoms. The van der Waals surface area contributed by atoms with Gasteiger partial charge >= 0.3 is 0 Å². The minimum absolute atomic E-state index is 0.0185. The van der Waals surface area contributed by atoms with E-state index in [1.54, 1.807) is 0 Å². The van der Waals surface area contributed by atoms with Crippen LogP contribution in [0.4, 0.5) is 0 Å². The lowest BCUT2D eigenvalue weighted by Crippen LogP contribution is -2.58. The molecule has 0 radical (unpaired) electrons. The van der Waals surface area contributed by atoms with Crippen LogP contribution in [-0.2, 0) is 9.59 Å². The van der Waals surface area contributed by atoms with Gasteiger partial charge in [-0.05, 0) is 31.6 Å². The molecule has 0 bridgehead atoms. The van der Waals surface area contributed by atoms with Crippen LogP contribution < -0.4 is 5.73 Å². The predicted molar refractivity (Wildman–Crippen MR) is 65.1 cm³/mol. The monoisotopic (exact) mass is 238 g/mol. The number of rotatable bonds is 2. The Morgan fingerprint density at radius 2 is 1.88 bits per heavy atom. The van der Waals surface area contributed by atoms with Crippen molar-refractivity contribution < 1.29 is 9.59 Å². The fraction of sp³-hybridized carbons (Fsp3) is 0.846. The van der Waals surface area contributed by atoms with Crippen molar-refractivity contribution in [1.82, 2.24) is 4.90 Å². The van der Waals surface area contributed by atoms with Crippen molar-refractivity contribution in [3.8, 4) is 0 Å². The highest BCUT2D eigenvalue weighted by molar-refractivity contribution is 6.04. The Bertz CT molecular complexity index is 332. The predicted octanol–water partition coefficient (Wildman–Crippen LogP) is 1.29. The van der Waals surface area contributed by atoms with E-state index in [-0.39, 0.29) is 23.3 Å². The number of hydrogen-bond donors (Lipinski definition) is 1. The standard InChI is InChI=1S/C13H22N2O2/c1-9-3-5-13(8-14,6-4-9)15-11(16)7-10(2)12(15)17/h9-10H,3-8,14H2,1-2H3. The van der Waals surface area contributed by atoms with Crippen LogP contribution in [-0.4, -0.2) is 28.8 Å². The molecule has 2 amide bonds. The summed E-state index contributed by atoms with van der Waals surface area (Å²) in [5.41, 5.74) is 5.50. The number of amides is 2. The second-order valence-electron chi connectivity index (χ2n) is 5.78. The third-order valence-electron chi connectivity index (χ3n) is 4.43. The highest BCUT2D eigenvalue weighted by atomic mass is 16.2. The fourth-order valence-corrected chi connectivity index (χ4v) is 3.10. The van der Waals surface area contributed by atoms with E-state index in [1.807, 2.05) is 6.92 Å². The molecule has 1 unspecified atom stereocenters. The van der Waals surface area contributed by atoms with Gasteiger partial charge in [0.25, 0.3) is 0 Å². The molecule has 4 nitrogen and oxygen atoms in total. The number of nitrogens with zero attached hydrogens (tertiary/aromatic N) is 1. The summed E-state index contributed by atoms with van der Waals surface area (Å²) in [6.45, 7) is 4.45. The van der Waals surface area contributed by atoms with Gasteiger partial charge in [0.1, 0.15) is 0 Å². The summed E-state index contributed by atoms with van der Waals surface area (Å²) >= 11 is 0. The third kappa shape index (κ3) is 1.99. The summed E-state index contributed by atoms with van der Waals surface area (Å²) in [4.78, 5) is 25.6. The van der Waals surface area contributed by atoms with Crippen molar-refractivity contribution in [2.24, 2.45) is 17.6 Å². The Morgan fingerprint density at radius 3 is 2.29 bits per heavy atom. The molecule has 0 spiro atoms. The summed E-state index contributed by atoms with van der Waals surface area (Å²) in [6, 6.07) is 0. The van der Waals surface area contributed by atoms with Gasteiger partial charge in [-0.3, -0.25) is 14.5 Å². The van der Waals surface area contributed by atoms with Crippen molar-refractivity contribution >= 4 is 11.8 Å². The smallest absolute Gasteiger partial charge is 0.233 e. The molecule has 0 aromatic carbocycles. The van der Waals surface area contributed by atoms with E-state index in [0.717, 1.165) is 25.7 Å². The van der Waals surface area contributed by atoms with Crippen LogP contribution in [0.3, 0.4) is 0 Å². The highest BCUT2D eigenvalue weighted by Crippen LogP contribution is 2.39. The van der Waals surface area contributed by atoms with Gasteiger partial charge in [-0.15, -0.1) is 0 Å². The quantitative estimate of drug-likeness (QED) is 0.737. The first-order chi connectivity index (χ1) is 8.00. The maximum absolute atomic E-state index is 12.1. The van der Waals surface area contributed by atoms with E-state index in [9.17, 15) is 9.59 Å². The molecule has 1 heterocycles. The van der Waals surface area contributed by atoms with Gasteiger partial charge in [0.05, 0.1) is 5.54 Å². The molecule has 96 valence electrons. The number of carbonyl (C=O) groups excluding carboxylic acids is 2. The molecule has 2 fully saturated rings. The van der Waals surface area contributed by atoms with E-state index >= 15 is 0 Å². The Hall–Kier alpha value is -0.900. The van der Waals surface area contributed by atoms with E-state index in [1.165, 1.54) is 4.90 Å². The van der Waals surface area contributed by atoms with Crippen molar-refractivity contribution in [1.29, 1.82) is 0 Å². The summed E-state index contributed by atoms with van der Waals surface area (Å²) in [7, 11) is 0. The number of carbonyl (C=O) groups is 2. The van der Waals surface area contributed by atoms with E-state index in [0.29, 0.717) is 18.9 Å². The largest absolute Gasteiger partial charge is 0.328 e. The number of imide groups is 1. The topological polar surface area (TPSA) is 63.4 Å². The van der Waals surface area contributed by atoms with Crippen LogP contribution in [0.2, 0.25) is 0 Å². The maximum Gasteiger partial charge on any atom is 0.233 e. The number of likely N-dealkylation sites (tertiary alicyclic amines) is 1. The molecule has 2 rings (SSSR count). The van der Waals surface area contributed by atoms with E-state index < -0.39 is 0 Å². The molecule has 1 atom stereocenters. The molecule has 1 aliphatic carbocycles. The lowest BCUT2D eigenvalue weighted by atomic mass is 9.76. The Morgan fingerprint density at radius 1 is 1.29 bits per heavy atom. The molecule has 1 saturated heterocycles. The Labute approximate surface area is 103 Å². The molecule has 2 N–H and O–H groups in total. The van der Waals surface area contributed by atoms with E-state index in [4.69, 9.17) is 5.73 Å². The minimum Gasteiger partial charge on any atom is -0.328 e. The summed E-state index contributed by atoms with van der Waals surface area (Å²) in [6.07, 6.45) is 4.21. The first-order valence-corrected chi connectivity index (χ1v) is 6.57. The van der Waals surface area contributed by atoms with Gasteiger partial charge in [0, 0.05) is 18.9 Å². The third-order valence-corrected chi connectivity index (χ3v) is 4.43. The lowest BCUT2D eigenvalue weighted by Gasteiger charge is -2.44. The molecule has 1 saturated carbocycles. The van der Waals surface area contributed by atoms with Crippen LogP contribution in [0.5, 0.6) is 0 Å². The molecule has 2 aliphatic rings. The van der Waals surface area contributed by atoms with Gasteiger partial charge < -0.3 is 5.73 Å². The number of hydrogen-bond acceptors (Lipinski definition) is 3. The fourth-order valence-electron chi connectivity index (χ4n) is 3.10. The summed E-state index contributed by atoms with van der Waals surface area (Å²) < 4.78 is 0. The van der Waals surface area contributed by atoms with Crippen LogP contribution in [0.15, 0.2) is 0 Å². The zero-order chi connectivity index (χ0) is 12.6. The van der Waals surface area contributed by atoms with Crippen molar-refractivity contribution in [2.45, 2.75) is 51.5 Å². The Kier molecular flexibility index (Phi) is 3.25. The van der Waals surface area contributed by atoms with Crippen molar-refractivity contribution in [2.75, 3.05) is 6.54 Å². The van der Waals surface area contributed by atoms with Crippen LogP contribution in [0, 0.1) is 11.8 Å². The highest BCUT2D eigenvalue weighted by Gasteiger charge is 2.49. The normalized spacial score (nSPS) is 38.9. The van der Waals surface area contributed by atoms with Crippen LogP contribution in [0.25, 0.3) is 0 Å². The molecule has 4 heteroatoms. The average molecular weight is 238 g/mol. The average Bonchev–Trinajstić information content (AvgIpc) is 2.56. The van der Waals surface area contributed by atoms with Gasteiger partial charge in [-0.1, -0.05) is 13.8 Å². The Balaban J connectivity index is 2.23. The van der Waals surface area contributed by atoms with Crippen molar-refractivity contribution in [3.63, 3.8) is 0 Å². The molecule has 0 aromatic rings. The summed E-state index contributed by atoms with van der Waals surface area (Å²) in [5.74, 6) is 0.475. The SMILES string of the molecule is CC1CCC(CN)(N2C(=O)CC(C)C2=O)CC1. The zero-order valence-corrected chi connectivity index (χ0v) is 10.7. The van der Waals surface area contributed by atoms with Gasteiger partial charge in [-0.25, -0.2) is 0 Å². The second-order valence-corrected chi connectivity index (χ2v) is 5.78. The first kappa shape index (κ1) is 12.6. The molecular formula is C13H22N2O2.